The Morgan fingerprint density at radius 3 is 2.36 bits per heavy atom. The lowest BCUT2D eigenvalue weighted by atomic mass is 9.68. The zero-order valence-electron chi connectivity index (χ0n) is 8.54. The van der Waals surface area contributed by atoms with Crippen molar-refractivity contribution >= 4 is 11.8 Å². The minimum Gasteiger partial charge on any atom is -0.457 e. The van der Waals surface area contributed by atoms with Crippen molar-refractivity contribution in [1.29, 1.82) is 0 Å². The summed E-state index contributed by atoms with van der Waals surface area (Å²) in [5.74, 6) is -0.0949. The Morgan fingerprint density at radius 1 is 1.21 bits per heavy atom. The van der Waals surface area contributed by atoms with Gasteiger partial charge in [0.2, 0.25) is 0 Å². The van der Waals surface area contributed by atoms with E-state index >= 15 is 0 Å². The predicted molar refractivity (Wildman–Crippen MR) is 50.6 cm³/mol. The van der Waals surface area contributed by atoms with Crippen molar-refractivity contribution in [2.24, 2.45) is 11.3 Å². The van der Waals surface area contributed by atoms with Gasteiger partial charge in [-0.05, 0) is 25.7 Å². The van der Waals surface area contributed by atoms with Gasteiger partial charge in [-0.1, -0.05) is 19.3 Å². The van der Waals surface area contributed by atoms with Crippen molar-refractivity contribution in [1.82, 2.24) is 0 Å². The molecule has 0 radical (unpaired) electrons. The standard InChI is InChI=1S/C11H16O3/c1-11(8-5-3-2-4-6-8)9(12)7-14-10(11)13/h8H,2-7H2,1H3. The number of rotatable bonds is 1. The first-order valence-corrected chi connectivity index (χ1v) is 5.36. The van der Waals surface area contributed by atoms with Crippen molar-refractivity contribution in [3.63, 3.8) is 0 Å². The lowest BCUT2D eigenvalue weighted by Crippen LogP contribution is -2.39. The summed E-state index contributed by atoms with van der Waals surface area (Å²) in [6, 6.07) is 0. The summed E-state index contributed by atoms with van der Waals surface area (Å²) in [7, 11) is 0. The van der Waals surface area contributed by atoms with Crippen molar-refractivity contribution in [2.45, 2.75) is 39.0 Å². The normalized spacial score (nSPS) is 34.6. The van der Waals surface area contributed by atoms with Gasteiger partial charge >= 0.3 is 5.97 Å². The molecule has 0 N–H and O–H groups in total. The van der Waals surface area contributed by atoms with Gasteiger partial charge in [0.25, 0.3) is 0 Å². The molecule has 1 unspecified atom stereocenters. The highest BCUT2D eigenvalue weighted by Crippen LogP contribution is 2.42. The fraction of sp³-hybridized carbons (Fsp3) is 0.818. The Hall–Kier alpha value is -0.860. The molecule has 1 saturated carbocycles. The molecular formula is C11H16O3. The van der Waals surface area contributed by atoms with Gasteiger partial charge in [-0.25, -0.2) is 0 Å². The molecule has 14 heavy (non-hydrogen) atoms. The lowest BCUT2D eigenvalue weighted by molar-refractivity contribution is -0.149. The van der Waals surface area contributed by atoms with E-state index in [0.717, 1.165) is 25.7 Å². The minimum atomic E-state index is -0.819. The van der Waals surface area contributed by atoms with Gasteiger partial charge < -0.3 is 4.74 Å². The van der Waals surface area contributed by atoms with E-state index in [1.54, 1.807) is 6.92 Å². The van der Waals surface area contributed by atoms with Gasteiger partial charge in [0, 0.05) is 0 Å². The third-order valence-corrected chi connectivity index (χ3v) is 3.76. The molecule has 1 atom stereocenters. The summed E-state index contributed by atoms with van der Waals surface area (Å²) in [6.07, 6.45) is 5.51. The SMILES string of the molecule is CC1(C2CCCCC2)C(=O)COC1=O. The molecule has 0 aromatic rings. The number of carbonyl (C=O) groups excluding carboxylic acids is 2. The Morgan fingerprint density at radius 2 is 1.86 bits per heavy atom. The van der Waals surface area contributed by atoms with E-state index in [2.05, 4.69) is 0 Å². The first kappa shape index (κ1) is 9.69. The van der Waals surface area contributed by atoms with Crippen LogP contribution in [-0.2, 0) is 14.3 Å². The lowest BCUT2D eigenvalue weighted by Gasteiger charge is -2.31. The van der Waals surface area contributed by atoms with Crippen LogP contribution >= 0.6 is 0 Å². The number of esters is 1. The third kappa shape index (κ3) is 1.26. The van der Waals surface area contributed by atoms with Gasteiger partial charge in [0.05, 0.1) is 0 Å². The van der Waals surface area contributed by atoms with Crippen molar-refractivity contribution in [2.75, 3.05) is 6.61 Å². The maximum absolute atomic E-state index is 11.7. The molecule has 2 aliphatic rings. The molecular weight excluding hydrogens is 180 g/mol. The molecule has 0 aromatic carbocycles. The van der Waals surface area contributed by atoms with E-state index in [9.17, 15) is 9.59 Å². The topological polar surface area (TPSA) is 43.4 Å². The summed E-state index contributed by atoms with van der Waals surface area (Å²) in [6.45, 7) is 1.76. The fourth-order valence-electron chi connectivity index (χ4n) is 2.62. The fourth-order valence-corrected chi connectivity index (χ4v) is 2.62. The number of ether oxygens (including phenoxy) is 1. The van der Waals surface area contributed by atoms with Crippen LogP contribution in [0.4, 0.5) is 0 Å². The molecule has 78 valence electrons. The third-order valence-electron chi connectivity index (χ3n) is 3.76. The molecule has 3 nitrogen and oxygen atoms in total. The van der Waals surface area contributed by atoms with E-state index < -0.39 is 5.41 Å². The molecule has 1 aliphatic heterocycles. The molecule has 0 bridgehead atoms. The molecule has 2 fully saturated rings. The minimum absolute atomic E-state index is 0.00810. The predicted octanol–water partition coefficient (Wildman–Crippen LogP) is 1.70. The summed E-state index contributed by atoms with van der Waals surface area (Å²) < 4.78 is 4.85. The first-order chi connectivity index (χ1) is 6.65. The quantitative estimate of drug-likeness (QED) is 0.473. The molecule has 0 aromatic heterocycles. The Kier molecular flexibility index (Phi) is 2.33. The van der Waals surface area contributed by atoms with Crippen LogP contribution in [0.1, 0.15) is 39.0 Å². The summed E-state index contributed by atoms with van der Waals surface area (Å²) in [5.41, 5.74) is -0.819. The van der Waals surface area contributed by atoms with Gasteiger partial charge in [-0.2, -0.15) is 0 Å². The average Bonchev–Trinajstić information content (AvgIpc) is 2.49. The average molecular weight is 196 g/mol. The van der Waals surface area contributed by atoms with Gasteiger partial charge in [0.1, 0.15) is 5.41 Å². The molecule has 2 rings (SSSR count). The van der Waals surface area contributed by atoms with Crippen LogP contribution in [0, 0.1) is 11.3 Å². The van der Waals surface area contributed by atoms with Crippen LogP contribution in [0.2, 0.25) is 0 Å². The maximum atomic E-state index is 11.7. The molecule has 1 aliphatic carbocycles. The number of Topliss-reactive ketones (excluding diaryl/α,β-unsaturated/α-hetero) is 1. The van der Waals surface area contributed by atoms with Crippen molar-refractivity contribution in [3.05, 3.63) is 0 Å². The summed E-state index contributed by atoms with van der Waals surface area (Å²) in [5, 5.41) is 0. The van der Waals surface area contributed by atoms with E-state index in [-0.39, 0.29) is 24.3 Å². The number of carbonyl (C=O) groups is 2. The van der Waals surface area contributed by atoms with E-state index in [1.807, 2.05) is 0 Å². The number of ketones is 1. The highest BCUT2D eigenvalue weighted by atomic mass is 16.5. The molecule has 1 saturated heterocycles. The molecule has 1 heterocycles. The van der Waals surface area contributed by atoms with Crippen molar-refractivity contribution in [3.8, 4) is 0 Å². The smallest absolute Gasteiger partial charge is 0.320 e. The monoisotopic (exact) mass is 196 g/mol. The zero-order chi connectivity index (χ0) is 10.2. The molecule has 0 spiro atoms. The van der Waals surface area contributed by atoms with Gasteiger partial charge in [0.15, 0.2) is 12.4 Å². The Bertz CT molecular complexity index is 248. The zero-order valence-corrected chi connectivity index (χ0v) is 8.54. The van der Waals surface area contributed by atoms with E-state index in [0.29, 0.717) is 0 Å². The summed E-state index contributed by atoms with van der Waals surface area (Å²) >= 11 is 0. The second-order valence-corrected chi connectivity index (χ2v) is 4.54. The maximum Gasteiger partial charge on any atom is 0.320 e. The Balaban J connectivity index is 2.20. The van der Waals surface area contributed by atoms with Crippen LogP contribution in [0.25, 0.3) is 0 Å². The number of hydrogen-bond acceptors (Lipinski definition) is 3. The largest absolute Gasteiger partial charge is 0.457 e. The van der Waals surface area contributed by atoms with E-state index in [1.165, 1.54) is 6.42 Å². The van der Waals surface area contributed by atoms with E-state index in [4.69, 9.17) is 4.74 Å². The second kappa shape index (κ2) is 3.37. The summed E-state index contributed by atoms with van der Waals surface area (Å²) in [4.78, 5) is 23.2. The van der Waals surface area contributed by atoms with Crippen molar-refractivity contribution < 1.29 is 14.3 Å². The number of hydrogen-bond donors (Lipinski definition) is 0. The first-order valence-electron chi connectivity index (χ1n) is 5.36. The van der Waals surface area contributed by atoms with Gasteiger partial charge in [-0.3, -0.25) is 9.59 Å². The number of cyclic esters (lactones) is 1. The highest BCUT2D eigenvalue weighted by molar-refractivity contribution is 6.08. The van der Waals surface area contributed by atoms with Crippen LogP contribution in [-0.4, -0.2) is 18.4 Å². The molecule has 3 heteroatoms. The van der Waals surface area contributed by atoms with Crippen LogP contribution in [0.15, 0.2) is 0 Å². The Labute approximate surface area is 83.8 Å². The molecule has 0 amide bonds. The highest BCUT2D eigenvalue weighted by Gasteiger charge is 2.53. The van der Waals surface area contributed by atoms with Crippen LogP contribution in [0.5, 0.6) is 0 Å². The van der Waals surface area contributed by atoms with Gasteiger partial charge in [-0.15, -0.1) is 0 Å². The van der Waals surface area contributed by atoms with Crippen LogP contribution in [0.3, 0.4) is 0 Å². The van der Waals surface area contributed by atoms with Crippen LogP contribution < -0.4 is 0 Å². The second-order valence-electron chi connectivity index (χ2n) is 4.54.